The smallest absolute Gasteiger partial charge is 0.182 e. The van der Waals surface area contributed by atoms with Gasteiger partial charge in [0, 0.05) is 12.6 Å². The SMILES string of the molecule is CC.CN=C(SC(C)=NC1CCCCC1)c1ccc(N=C(C)NC#N)cc1. The van der Waals surface area contributed by atoms with Gasteiger partial charge in [0.15, 0.2) is 6.19 Å². The Labute approximate surface area is 168 Å². The highest BCUT2D eigenvalue weighted by Gasteiger charge is 2.13. The van der Waals surface area contributed by atoms with Gasteiger partial charge in [-0.3, -0.25) is 15.3 Å². The van der Waals surface area contributed by atoms with Crippen LogP contribution < -0.4 is 5.32 Å². The molecule has 0 bridgehead atoms. The molecule has 1 N–H and O–H groups in total. The number of hydrogen-bond acceptors (Lipinski definition) is 5. The van der Waals surface area contributed by atoms with Gasteiger partial charge >= 0.3 is 0 Å². The van der Waals surface area contributed by atoms with E-state index in [4.69, 9.17) is 10.3 Å². The van der Waals surface area contributed by atoms with Gasteiger partial charge in [-0.25, -0.2) is 4.99 Å². The largest absolute Gasteiger partial charge is 0.281 e. The third kappa shape index (κ3) is 8.40. The average Bonchev–Trinajstić information content (AvgIpc) is 2.69. The van der Waals surface area contributed by atoms with Gasteiger partial charge < -0.3 is 0 Å². The van der Waals surface area contributed by atoms with Crippen LogP contribution in [0.5, 0.6) is 0 Å². The van der Waals surface area contributed by atoms with Crippen molar-refractivity contribution in [1.82, 2.24) is 5.32 Å². The number of hydrogen-bond donors (Lipinski definition) is 1. The third-order valence-electron chi connectivity index (χ3n) is 4.03. The van der Waals surface area contributed by atoms with E-state index in [-0.39, 0.29) is 0 Å². The Balaban J connectivity index is 0.00000176. The number of nitrogens with zero attached hydrogens (tertiary/aromatic N) is 4. The summed E-state index contributed by atoms with van der Waals surface area (Å²) in [5.74, 6) is 0.574. The maximum atomic E-state index is 8.59. The summed E-state index contributed by atoms with van der Waals surface area (Å²) >= 11 is 1.63. The lowest BCUT2D eigenvalue weighted by Gasteiger charge is -2.18. The van der Waals surface area contributed by atoms with Gasteiger partial charge in [0.25, 0.3) is 0 Å². The van der Waals surface area contributed by atoms with Gasteiger partial charge in [0.1, 0.15) is 10.9 Å². The molecule has 1 fully saturated rings. The molecule has 146 valence electrons. The number of amidine groups is 1. The number of benzene rings is 1. The van der Waals surface area contributed by atoms with Crippen LogP contribution in [0.3, 0.4) is 0 Å². The highest BCUT2D eigenvalue weighted by Crippen LogP contribution is 2.24. The number of thioether (sulfide) groups is 1. The van der Waals surface area contributed by atoms with Crippen molar-refractivity contribution in [3.8, 4) is 6.19 Å². The van der Waals surface area contributed by atoms with Crippen LogP contribution in [0.1, 0.15) is 65.4 Å². The summed E-state index contributed by atoms with van der Waals surface area (Å²) in [7, 11) is 1.81. The Morgan fingerprint density at radius 3 is 2.30 bits per heavy atom. The Kier molecular flexibility index (Phi) is 11.1. The normalized spacial score (nSPS) is 16.2. The van der Waals surface area contributed by atoms with Crippen molar-refractivity contribution in [3.05, 3.63) is 29.8 Å². The van der Waals surface area contributed by atoms with E-state index in [9.17, 15) is 0 Å². The molecule has 5 nitrogen and oxygen atoms in total. The minimum absolute atomic E-state index is 0.478. The molecule has 1 aromatic rings. The summed E-state index contributed by atoms with van der Waals surface area (Å²) in [6.45, 7) is 7.83. The van der Waals surface area contributed by atoms with Gasteiger partial charge in [0.05, 0.1) is 16.8 Å². The number of rotatable bonds is 3. The second kappa shape index (κ2) is 13.1. The number of aliphatic imine (C=N–C) groups is 3. The maximum absolute atomic E-state index is 8.59. The first-order valence-corrected chi connectivity index (χ1v) is 10.4. The fourth-order valence-corrected chi connectivity index (χ4v) is 3.68. The second-order valence-electron chi connectivity index (χ2n) is 6.05. The predicted octanol–water partition coefficient (Wildman–Crippen LogP) is 5.69. The lowest BCUT2D eigenvalue weighted by Crippen LogP contribution is -2.12. The second-order valence-corrected chi connectivity index (χ2v) is 7.23. The summed E-state index contributed by atoms with van der Waals surface area (Å²) in [5.41, 5.74) is 1.85. The van der Waals surface area contributed by atoms with E-state index in [0.717, 1.165) is 21.3 Å². The molecule has 1 aromatic carbocycles. The van der Waals surface area contributed by atoms with E-state index >= 15 is 0 Å². The molecule has 1 saturated carbocycles. The number of nitrogens with one attached hydrogen (secondary N) is 1. The van der Waals surface area contributed by atoms with E-state index in [1.54, 1.807) is 18.7 Å². The Bertz CT molecular complexity index is 692. The molecule has 0 spiro atoms. The minimum Gasteiger partial charge on any atom is -0.281 e. The monoisotopic (exact) mass is 385 g/mol. The van der Waals surface area contributed by atoms with Gasteiger partial charge in [-0.2, -0.15) is 5.26 Å². The van der Waals surface area contributed by atoms with Crippen molar-refractivity contribution in [1.29, 1.82) is 5.26 Å². The zero-order valence-corrected chi connectivity index (χ0v) is 17.9. The van der Waals surface area contributed by atoms with Crippen molar-refractivity contribution in [2.75, 3.05) is 7.05 Å². The van der Waals surface area contributed by atoms with Crippen LogP contribution in [0.4, 0.5) is 5.69 Å². The zero-order chi connectivity index (χ0) is 20.1. The third-order valence-corrected chi connectivity index (χ3v) is 5.05. The fraction of sp³-hybridized carbons (Fsp3) is 0.524. The van der Waals surface area contributed by atoms with Crippen molar-refractivity contribution in [3.63, 3.8) is 0 Å². The minimum atomic E-state index is 0.478. The summed E-state index contributed by atoms with van der Waals surface area (Å²) < 4.78 is 0. The van der Waals surface area contributed by atoms with Gasteiger partial charge in [-0.15, -0.1) is 0 Å². The van der Waals surface area contributed by atoms with Crippen LogP contribution in [-0.2, 0) is 0 Å². The van der Waals surface area contributed by atoms with Gasteiger partial charge in [-0.05, 0) is 38.8 Å². The first-order valence-electron chi connectivity index (χ1n) is 9.62. The predicted molar refractivity (Wildman–Crippen MR) is 119 cm³/mol. The first kappa shape index (κ1) is 22.9. The molecule has 0 heterocycles. The quantitative estimate of drug-likeness (QED) is 0.314. The van der Waals surface area contributed by atoms with Crippen LogP contribution in [0.25, 0.3) is 0 Å². The van der Waals surface area contributed by atoms with Crippen molar-refractivity contribution >= 4 is 33.4 Å². The van der Waals surface area contributed by atoms with Crippen molar-refractivity contribution in [2.24, 2.45) is 15.0 Å². The first-order chi connectivity index (χ1) is 13.1. The summed E-state index contributed by atoms with van der Waals surface area (Å²) in [6, 6.07) is 8.34. The maximum Gasteiger partial charge on any atom is 0.182 e. The lowest BCUT2D eigenvalue weighted by molar-refractivity contribution is 0.444. The van der Waals surface area contributed by atoms with Crippen LogP contribution in [0.15, 0.2) is 39.2 Å². The fourth-order valence-electron chi connectivity index (χ4n) is 2.85. The van der Waals surface area contributed by atoms with E-state index in [0.29, 0.717) is 11.9 Å². The molecule has 0 atom stereocenters. The van der Waals surface area contributed by atoms with E-state index in [1.807, 2.05) is 51.4 Å². The van der Waals surface area contributed by atoms with Crippen LogP contribution in [-0.4, -0.2) is 29.0 Å². The summed E-state index contributed by atoms with van der Waals surface area (Å²) in [5, 5.41) is 13.1. The van der Waals surface area contributed by atoms with Crippen LogP contribution in [0, 0.1) is 11.5 Å². The standard InChI is InChI=1S/C19H25N5S.C2H6/c1-14(22-13-20)23-18-11-9-16(10-12-18)19(21-3)25-15(2)24-17-7-5-4-6-8-17;1-2/h9-12,17H,4-8H2,1-3H3,(H,22,23);1-2H3. The molecule has 0 aromatic heterocycles. The Morgan fingerprint density at radius 1 is 1.11 bits per heavy atom. The molecule has 0 saturated heterocycles. The van der Waals surface area contributed by atoms with Crippen molar-refractivity contribution in [2.45, 2.75) is 65.8 Å². The molecule has 0 amide bonds. The van der Waals surface area contributed by atoms with E-state index in [2.05, 4.69) is 22.2 Å². The van der Waals surface area contributed by atoms with Gasteiger partial charge in [-0.1, -0.05) is 57.0 Å². The van der Waals surface area contributed by atoms with Gasteiger partial charge in [0.2, 0.25) is 0 Å². The molecular weight excluding hydrogens is 354 g/mol. The van der Waals surface area contributed by atoms with Crippen LogP contribution in [0.2, 0.25) is 0 Å². The van der Waals surface area contributed by atoms with E-state index in [1.165, 1.54) is 32.1 Å². The zero-order valence-electron chi connectivity index (χ0n) is 17.1. The van der Waals surface area contributed by atoms with E-state index < -0.39 is 0 Å². The summed E-state index contributed by atoms with van der Waals surface area (Å²) in [6.07, 6.45) is 8.21. The molecule has 1 aliphatic rings. The highest BCUT2D eigenvalue weighted by atomic mass is 32.2. The number of nitriles is 1. The summed E-state index contributed by atoms with van der Waals surface area (Å²) in [4.78, 5) is 13.6. The molecule has 1 aliphatic carbocycles. The molecule has 2 rings (SSSR count). The van der Waals surface area contributed by atoms with Crippen LogP contribution >= 0.6 is 11.8 Å². The highest BCUT2D eigenvalue weighted by molar-refractivity contribution is 8.27. The molecule has 0 aliphatic heterocycles. The molecule has 0 radical (unpaired) electrons. The molecule has 0 unspecified atom stereocenters. The average molecular weight is 386 g/mol. The topological polar surface area (TPSA) is 72.9 Å². The Morgan fingerprint density at radius 2 is 1.74 bits per heavy atom. The molecular formula is C21H31N5S. The lowest BCUT2D eigenvalue weighted by atomic mass is 9.96. The molecule has 6 heteroatoms. The van der Waals surface area contributed by atoms with Crippen molar-refractivity contribution < 1.29 is 0 Å². The molecule has 27 heavy (non-hydrogen) atoms. The Hall–Kier alpha value is -2.13.